The van der Waals surface area contributed by atoms with E-state index in [0.717, 1.165) is 46.0 Å². The van der Waals surface area contributed by atoms with Gasteiger partial charge in [0, 0.05) is 32.2 Å². The van der Waals surface area contributed by atoms with Crippen LogP contribution in [0.25, 0.3) is 22.4 Å². The molecule has 0 radical (unpaired) electrons. The first kappa shape index (κ1) is 26.9. The van der Waals surface area contributed by atoms with Crippen LogP contribution >= 0.6 is 0 Å². The van der Waals surface area contributed by atoms with E-state index in [9.17, 15) is 10.2 Å². The first-order chi connectivity index (χ1) is 17.1. The quantitative estimate of drug-likeness (QED) is 0.294. The average Bonchev–Trinajstić information content (AvgIpc) is 3.43. The Labute approximate surface area is 214 Å². The van der Waals surface area contributed by atoms with Crippen LogP contribution in [0.4, 0.5) is 0 Å². The van der Waals surface area contributed by atoms with Crippen LogP contribution in [-0.4, -0.2) is 65.4 Å². The van der Waals surface area contributed by atoms with Crippen LogP contribution in [0, 0.1) is 0 Å². The molecule has 196 valence electrons. The number of aryl methyl sites for hydroxylation is 1. The minimum Gasteiger partial charge on any atom is -0.394 e. The molecular formula is C27H39N3O5Si. The fraction of sp³-hybridized carbons (Fsp3) is 0.556. The van der Waals surface area contributed by atoms with Crippen LogP contribution in [-0.2, 0) is 39.6 Å². The third-order valence-corrected chi connectivity index (χ3v) is 8.35. The van der Waals surface area contributed by atoms with Gasteiger partial charge in [-0.05, 0) is 25.0 Å². The normalized spacial score (nSPS) is 16.6. The van der Waals surface area contributed by atoms with E-state index < -0.39 is 20.0 Å². The Morgan fingerprint density at radius 1 is 1.17 bits per heavy atom. The Bertz CT molecular complexity index is 1170. The Hall–Kier alpha value is -2.14. The molecule has 1 unspecified atom stereocenters. The first-order valence-electron chi connectivity index (χ1n) is 12.8. The molecular weight excluding hydrogens is 474 g/mol. The lowest BCUT2D eigenvalue weighted by Gasteiger charge is -2.23. The molecule has 1 atom stereocenters. The summed E-state index contributed by atoms with van der Waals surface area (Å²) < 4.78 is 19.9. The minimum absolute atomic E-state index is 0.253. The topological polar surface area (TPSA) is 98.9 Å². The Balaban J connectivity index is 1.75. The largest absolute Gasteiger partial charge is 0.394 e. The summed E-state index contributed by atoms with van der Waals surface area (Å²) in [5.41, 5.74) is 6.36. The predicted molar refractivity (Wildman–Crippen MR) is 142 cm³/mol. The summed E-state index contributed by atoms with van der Waals surface area (Å²) >= 11 is 0. The lowest BCUT2D eigenvalue weighted by molar-refractivity contribution is -0.149. The highest BCUT2D eigenvalue weighted by Gasteiger charge is 2.33. The van der Waals surface area contributed by atoms with Crippen molar-refractivity contribution in [1.82, 2.24) is 14.5 Å². The average molecular weight is 514 g/mol. The number of aliphatic hydroxyl groups is 2. The zero-order chi connectivity index (χ0) is 25.9. The van der Waals surface area contributed by atoms with Crippen molar-refractivity contribution in [3.63, 3.8) is 0 Å². The van der Waals surface area contributed by atoms with Crippen molar-refractivity contribution >= 4 is 19.2 Å². The zero-order valence-electron chi connectivity index (χ0n) is 22.1. The maximum absolute atomic E-state index is 9.93. The molecule has 1 aliphatic heterocycles. The van der Waals surface area contributed by atoms with Crippen LogP contribution in [0.2, 0.25) is 25.7 Å². The third-order valence-electron chi connectivity index (χ3n) is 6.65. The predicted octanol–water partition coefficient (Wildman–Crippen LogP) is 4.09. The number of hydrogen-bond donors (Lipinski definition) is 2. The van der Waals surface area contributed by atoms with Crippen molar-refractivity contribution in [3.05, 3.63) is 47.3 Å². The lowest BCUT2D eigenvalue weighted by atomic mass is 10.0. The van der Waals surface area contributed by atoms with E-state index in [2.05, 4.69) is 55.4 Å². The van der Waals surface area contributed by atoms with Crippen molar-refractivity contribution in [1.29, 1.82) is 0 Å². The van der Waals surface area contributed by atoms with Gasteiger partial charge in [0.15, 0.2) is 11.4 Å². The van der Waals surface area contributed by atoms with E-state index in [0.29, 0.717) is 32.2 Å². The molecule has 4 rings (SSSR count). The van der Waals surface area contributed by atoms with Gasteiger partial charge in [-0.1, -0.05) is 50.8 Å². The van der Waals surface area contributed by atoms with Crippen LogP contribution < -0.4 is 0 Å². The summed E-state index contributed by atoms with van der Waals surface area (Å²) in [6.07, 6.45) is 1.84. The zero-order valence-corrected chi connectivity index (χ0v) is 23.1. The van der Waals surface area contributed by atoms with Crippen molar-refractivity contribution in [3.8, 4) is 11.3 Å². The Morgan fingerprint density at radius 2 is 1.86 bits per heavy atom. The monoisotopic (exact) mass is 513 g/mol. The Kier molecular flexibility index (Phi) is 8.28. The van der Waals surface area contributed by atoms with Gasteiger partial charge in [0.1, 0.15) is 12.2 Å². The van der Waals surface area contributed by atoms with Gasteiger partial charge in [0.25, 0.3) is 0 Å². The molecule has 0 amide bonds. The molecule has 2 N–H and O–H groups in total. The van der Waals surface area contributed by atoms with Gasteiger partial charge in [-0.15, -0.1) is 0 Å². The number of fused-ring (bicyclic) bond motifs is 1. The van der Waals surface area contributed by atoms with Crippen molar-refractivity contribution in [2.45, 2.75) is 71.0 Å². The van der Waals surface area contributed by atoms with Gasteiger partial charge < -0.3 is 24.4 Å². The number of ether oxygens (including phenoxy) is 3. The van der Waals surface area contributed by atoms with Gasteiger partial charge in [0.2, 0.25) is 0 Å². The third kappa shape index (κ3) is 5.87. The molecule has 3 heterocycles. The second-order valence-corrected chi connectivity index (χ2v) is 16.4. The van der Waals surface area contributed by atoms with Crippen LogP contribution in [0.5, 0.6) is 0 Å². The lowest BCUT2D eigenvalue weighted by Crippen LogP contribution is -2.22. The second kappa shape index (κ2) is 11.1. The van der Waals surface area contributed by atoms with Gasteiger partial charge in [0.05, 0.1) is 43.5 Å². The number of rotatable bonds is 11. The molecule has 3 aromatic rings. The highest BCUT2D eigenvalue weighted by Crippen LogP contribution is 2.36. The van der Waals surface area contributed by atoms with Crippen LogP contribution in [0.15, 0.2) is 30.5 Å². The van der Waals surface area contributed by atoms with Gasteiger partial charge in [-0.2, -0.15) is 0 Å². The van der Waals surface area contributed by atoms with Gasteiger partial charge in [-0.3, -0.25) is 4.57 Å². The molecule has 9 heteroatoms. The second-order valence-electron chi connectivity index (χ2n) is 10.8. The number of aromatic nitrogens is 3. The Morgan fingerprint density at radius 3 is 2.47 bits per heavy atom. The van der Waals surface area contributed by atoms with E-state index in [1.165, 1.54) is 0 Å². The van der Waals surface area contributed by atoms with E-state index in [1.807, 2.05) is 6.92 Å². The van der Waals surface area contributed by atoms with Crippen molar-refractivity contribution < 1.29 is 24.4 Å². The number of benzene rings is 1. The molecule has 1 aromatic carbocycles. The van der Waals surface area contributed by atoms with Gasteiger partial charge in [-0.25, -0.2) is 9.97 Å². The molecule has 1 aliphatic rings. The summed E-state index contributed by atoms with van der Waals surface area (Å²) in [7, 11) is -1.21. The highest BCUT2D eigenvalue weighted by molar-refractivity contribution is 6.76. The molecule has 36 heavy (non-hydrogen) atoms. The van der Waals surface area contributed by atoms with E-state index >= 15 is 0 Å². The maximum atomic E-state index is 9.93. The standard InChI is InChI=1S/C27H39N3O5Si/c1-6-23-24-26(28-16-21(29-24)15-22(32)17-31)30(18-33-13-14-36(3,4)5)25(23)19-7-9-20(10-8-19)27(2)34-11-12-35-27/h7-10,16,22,31-32H,6,11-15,17-18H2,1-5H3. The molecule has 8 nitrogen and oxygen atoms in total. The molecule has 1 fully saturated rings. The summed E-state index contributed by atoms with van der Waals surface area (Å²) in [4.78, 5) is 9.60. The van der Waals surface area contributed by atoms with E-state index in [4.69, 9.17) is 24.2 Å². The molecule has 0 saturated carbocycles. The summed E-state index contributed by atoms with van der Waals surface area (Å²) in [6.45, 7) is 13.0. The SMILES string of the molecule is CCc1c(-c2ccc(C3(C)OCCO3)cc2)n(COCC[Si](C)(C)C)c2ncc(CC(O)CO)nc12. The first-order valence-corrected chi connectivity index (χ1v) is 16.5. The summed E-state index contributed by atoms with van der Waals surface area (Å²) in [5.74, 6) is -0.718. The maximum Gasteiger partial charge on any atom is 0.192 e. The van der Waals surface area contributed by atoms with Crippen LogP contribution in [0.3, 0.4) is 0 Å². The molecule has 0 bridgehead atoms. The van der Waals surface area contributed by atoms with E-state index in [1.54, 1.807) is 6.20 Å². The summed E-state index contributed by atoms with van der Waals surface area (Å²) in [6, 6.07) is 9.38. The summed E-state index contributed by atoms with van der Waals surface area (Å²) in [5, 5.41) is 19.2. The molecule has 1 saturated heterocycles. The smallest absolute Gasteiger partial charge is 0.192 e. The number of hydrogen-bond acceptors (Lipinski definition) is 7. The van der Waals surface area contributed by atoms with E-state index in [-0.39, 0.29) is 13.0 Å². The minimum atomic E-state index is -1.21. The molecule has 0 spiro atoms. The number of aliphatic hydroxyl groups excluding tert-OH is 2. The molecule has 0 aliphatic carbocycles. The van der Waals surface area contributed by atoms with Crippen molar-refractivity contribution in [2.24, 2.45) is 0 Å². The fourth-order valence-electron chi connectivity index (χ4n) is 4.54. The van der Waals surface area contributed by atoms with Gasteiger partial charge >= 0.3 is 0 Å². The number of nitrogens with zero attached hydrogens (tertiary/aromatic N) is 3. The fourth-order valence-corrected chi connectivity index (χ4v) is 5.30. The van der Waals surface area contributed by atoms with Crippen LogP contribution in [0.1, 0.15) is 30.7 Å². The molecule has 2 aromatic heterocycles. The highest BCUT2D eigenvalue weighted by atomic mass is 28.3. The van der Waals surface area contributed by atoms with Crippen molar-refractivity contribution in [2.75, 3.05) is 26.4 Å².